The first-order valence-corrected chi connectivity index (χ1v) is 12.5. The van der Waals surface area contributed by atoms with Crippen LogP contribution in [0.4, 0.5) is 13.2 Å². The summed E-state index contributed by atoms with van der Waals surface area (Å²) in [5, 5.41) is 15.9. The van der Waals surface area contributed by atoms with E-state index in [1.165, 1.54) is 12.1 Å². The molecular formula is C28H30F3N3O4. The van der Waals surface area contributed by atoms with Gasteiger partial charge in [-0.2, -0.15) is 13.2 Å². The van der Waals surface area contributed by atoms with Crippen molar-refractivity contribution in [2.24, 2.45) is 5.92 Å². The fourth-order valence-electron chi connectivity index (χ4n) is 5.07. The van der Waals surface area contributed by atoms with Gasteiger partial charge in [-0.05, 0) is 36.0 Å². The van der Waals surface area contributed by atoms with Crippen molar-refractivity contribution < 1.29 is 32.7 Å². The van der Waals surface area contributed by atoms with Crippen LogP contribution in [0, 0.1) is 5.92 Å². The van der Waals surface area contributed by atoms with Gasteiger partial charge in [0.1, 0.15) is 11.6 Å². The lowest BCUT2D eigenvalue weighted by Gasteiger charge is -2.36. The number of aryl methyl sites for hydroxylation is 1. The van der Waals surface area contributed by atoms with E-state index in [-0.39, 0.29) is 48.4 Å². The maximum absolute atomic E-state index is 13.6. The number of nitrogens with one attached hydrogen (secondary N) is 3. The van der Waals surface area contributed by atoms with Crippen molar-refractivity contribution in [3.63, 3.8) is 0 Å². The number of halogens is 3. The highest BCUT2D eigenvalue weighted by molar-refractivity contribution is 5.94. The Morgan fingerprint density at radius 2 is 1.82 bits per heavy atom. The molecular weight excluding hydrogens is 499 g/mol. The third-order valence-electron chi connectivity index (χ3n) is 7.41. The Balaban J connectivity index is 1.60. The number of carbonyl (C=O) groups excluding carboxylic acids is 2. The van der Waals surface area contributed by atoms with Crippen LogP contribution in [0.25, 0.3) is 10.9 Å². The van der Waals surface area contributed by atoms with E-state index in [4.69, 9.17) is 0 Å². The van der Waals surface area contributed by atoms with E-state index >= 15 is 0 Å². The van der Waals surface area contributed by atoms with Crippen molar-refractivity contribution in [1.29, 1.82) is 0 Å². The minimum atomic E-state index is -4.58. The molecule has 0 saturated heterocycles. The Morgan fingerprint density at radius 3 is 2.45 bits per heavy atom. The Hall–Kier alpha value is -3.82. The van der Waals surface area contributed by atoms with Crippen LogP contribution in [0.15, 0.2) is 48.5 Å². The number of rotatable bonds is 8. The molecule has 0 spiro atoms. The third-order valence-corrected chi connectivity index (χ3v) is 7.41. The minimum absolute atomic E-state index is 0.0135. The first-order chi connectivity index (χ1) is 17.9. The number of aromatic amines is 1. The number of carbonyl (C=O) groups is 3. The highest BCUT2D eigenvalue weighted by Crippen LogP contribution is 2.40. The van der Waals surface area contributed by atoms with Gasteiger partial charge < -0.3 is 20.7 Å². The van der Waals surface area contributed by atoms with E-state index in [1.54, 1.807) is 31.2 Å². The maximum atomic E-state index is 13.6. The number of hydrogen-bond acceptors (Lipinski definition) is 3. The molecule has 3 aromatic rings. The summed E-state index contributed by atoms with van der Waals surface area (Å²) in [7, 11) is 0. The third kappa shape index (κ3) is 5.39. The number of benzene rings is 2. The molecule has 0 radical (unpaired) electrons. The Morgan fingerprint density at radius 1 is 1.11 bits per heavy atom. The summed E-state index contributed by atoms with van der Waals surface area (Å²) >= 11 is 0. The summed E-state index contributed by atoms with van der Waals surface area (Å²) < 4.78 is 40.7. The van der Waals surface area contributed by atoms with Crippen LogP contribution in [-0.4, -0.2) is 39.5 Å². The van der Waals surface area contributed by atoms with E-state index in [1.807, 2.05) is 13.0 Å². The van der Waals surface area contributed by atoms with Crippen LogP contribution in [0.2, 0.25) is 0 Å². The zero-order valence-corrected chi connectivity index (χ0v) is 21.1. The first kappa shape index (κ1) is 27.2. The Bertz CT molecular complexity index is 1350. The molecule has 0 aliphatic heterocycles. The number of carboxylic acids is 1. The van der Waals surface area contributed by atoms with Gasteiger partial charge in [-0.25, -0.2) is 4.79 Å². The highest BCUT2D eigenvalue weighted by Gasteiger charge is 2.46. The number of carboxylic acid groups (broad SMARTS) is 1. The smallest absolute Gasteiger partial charge is 0.418 e. The van der Waals surface area contributed by atoms with Crippen LogP contribution in [0.3, 0.4) is 0 Å². The number of para-hydroxylation sites is 1. The van der Waals surface area contributed by atoms with E-state index in [0.29, 0.717) is 17.7 Å². The molecule has 1 heterocycles. The SMILES string of the molecule is CCC(C)C(NC(=O)Cc1ccccc1)C(=O)N[C@]1(C(=O)O)CCc2[nH]c3c(C(F)(F)F)cccc3c2C1. The molecule has 38 heavy (non-hydrogen) atoms. The molecule has 4 N–H and O–H groups in total. The molecule has 2 unspecified atom stereocenters. The van der Waals surface area contributed by atoms with Gasteiger partial charge in [0.2, 0.25) is 11.8 Å². The molecule has 0 fully saturated rings. The lowest BCUT2D eigenvalue weighted by molar-refractivity contribution is -0.149. The van der Waals surface area contributed by atoms with E-state index in [0.717, 1.165) is 11.6 Å². The zero-order valence-electron chi connectivity index (χ0n) is 21.1. The Kier molecular flexibility index (Phi) is 7.53. The summed E-state index contributed by atoms with van der Waals surface area (Å²) in [6.45, 7) is 3.65. The summed E-state index contributed by atoms with van der Waals surface area (Å²) in [5.41, 5.74) is -0.919. The summed E-state index contributed by atoms with van der Waals surface area (Å²) in [5.74, 6) is -2.58. The van der Waals surface area contributed by atoms with Crippen molar-refractivity contribution in [3.8, 4) is 0 Å². The number of H-pyrrole nitrogens is 1. The lowest BCUT2D eigenvalue weighted by Crippen LogP contribution is -2.62. The molecule has 10 heteroatoms. The minimum Gasteiger partial charge on any atom is -0.479 e. The molecule has 2 amide bonds. The lowest BCUT2D eigenvalue weighted by atomic mass is 9.79. The van der Waals surface area contributed by atoms with Gasteiger partial charge in [-0.1, -0.05) is 62.7 Å². The van der Waals surface area contributed by atoms with Gasteiger partial charge in [0, 0.05) is 17.5 Å². The van der Waals surface area contributed by atoms with Gasteiger partial charge >= 0.3 is 12.1 Å². The zero-order chi connectivity index (χ0) is 27.7. The average Bonchev–Trinajstić information content (AvgIpc) is 3.24. The summed E-state index contributed by atoms with van der Waals surface area (Å²) in [6, 6.07) is 11.8. The van der Waals surface area contributed by atoms with Gasteiger partial charge in [0.05, 0.1) is 17.5 Å². The molecule has 4 rings (SSSR count). The van der Waals surface area contributed by atoms with Crippen molar-refractivity contribution in [1.82, 2.24) is 15.6 Å². The number of aliphatic carboxylic acids is 1. The van der Waals surface area contributed by atoms with Crippen LogP contribution in [0.1, 0.15) is 49.1 Å². The number of aromatic nitrogens is 1. The highest BCUT2D eigenvalue weighted by atomic mass is 19.4. The Labute approximate surface area is 217 Å². The monoisotopic (exact) mass is 529 g/mol. The predicted octanol–water partition coefficient (Wildman–Crippen LogP) is 4.39. The normalized spacial score (nSPS) is 18.9. The summed E-state index contributed by atoms with van der Waals surface area (Å²) in [4.78, 5) is 41.6. The molecule has 3 atom stereocenters. The average molecular weight is 530 g/mol. The second-order valence-corrected chi connectivity index (χ2v) is 9.95. The van der Waals surface area contributed by atoms with Gasteiger partial charge in [0.15, 0.2) is 0 Å². The van der Waals surface area contributed by atoms with E-state index in [2.05, 4.69) is 15.6 Å². The fourth-order valence-corrected chi connectivity index (χ4v) is 5.07. The molecule has 202 valence electrons. The van der Waals surface area contributed by atoms with Gasteiger partial charge in [-0.15, -0.1) is 0 Å². The van der Waals surface area contributed by atoms with Crippen molar-refractivity contribution in [2.75, 3.05) is 0 Å². The molecule has 1 aliphatic carbocycles. The predicted molar refractivity (Wildman–Crippen MR) is 135 cm³/mol. The first-order valence-electron chi connectivity index (χ1n) is 12.5. The second kappa shape index (κ2) is 10.5. The number of amides is 2. The molecule has 1 aromatic heterocycles. The number of alkyl halides is 3. The van der Waals surface area contributed by atoms with Crippen LogP contribution in [-0.2, 0) is 39.8 Å². The standard InChI is InChI=1S/C28H30F3N3O4/c1-3-16(2)23(33-22(35)14-17-8-5-4-6-9-17)25(36)34-27(26(37)38)13-12-21-19(15-27)18-10-7-11-20(24(18)32-21)28(29,30)31/h4-11,16,23,32H,3,12-15H2,1-2H3,(H,33,35)(H,34,36)(H,37,38)/t16?,23?,27-/m1/s1. The molecule has 1 aliphatic rings. The fraction of sp³-hybridized carbons (Fsp3) is 0.393. The molecule has 7 nitrogen and oxygen atoms in total. The molecule has 0 bridgehead atoms. The molecule has 0 saturated carbocycles. The van der Waals surface area contributed by atoms with Crippen LogP contribution in [0.5, 0.6) is 0 Å². The van der Waals surface area contributed by atoms with Gasteiger partial charge in [0.25, 0.3) is 0 Å². The van der Waals surface area contributed by atoms with Crippen molar-refractivity contribution in [2.45, 2.75) is 63.7 Å². The van der Waals surface area contributed by atoms with Crippen molar-refractivity contribution >= 4 is 28.7 Å². The van der Waals surface area contributed by atoms with Crippen LogP contribution < -0.4 is 10.6 Å². The van der Waals surface area contributed by atoms with E-state index < -0.39 is 35.2 Å². The maximum Gasteiger partial charge on any atom is 0.418 e. The molecule has 2 aromatic carbocycles. The topological polar surface area (TPSA) is 111 Å². The van der Waals surface area contributed by atoms with Crippen molar-refractivity contribution in [3.05, 3.63) is 70.9 Å². The van der Waals surface area contributed by atoms with Crippen LogP contribution >= 0.6 is 0 Å². The van der Waals surface area contributed by atoms with Gasteiger partial charge in [-0.3, -0.25) is 9.59 Å². The summed E-state index contributed by atoms with van der Waals surface area (Å²) in [6.07, 6.45) is -4.02. The number of fused-ring (bicyclic) bond motifs is 3. The quantitative estimate of drug-likeness (QED) is 0.347. The largest absolute Gasteiger partial charge is 0.479 e. The number of hydrogen-bond donors (Lipinski definition) is 4. The van der Waals surface area contributed by atoms with E-state index in [9.17, 15) is 32.7 Å². The second-order valence-electron chi connectivity index (χ2n) is 9.95.